The molecule has 3 nitrogen and oxygen atoms in total. The molecule has 2 rings (SSSR count). The van der Waals surface area contributed by atoms with Crippen LogP contribution in [-0.4, -0.2) is 19.1 Å². The number of halogens is 1. The van der Waals surface area contributed by atoms with Crippen molar-refractivity contribution in [1.82, 2.24) is 5.32 Å². The maximum absolute atomic E-state index is 14.0. The summed E-state index contributed by atoms with van der Waals surface area (Å²) in [5.74, 6) is 2.16. The van der Waals surface area contributed by atoms with Gasteiger partial charge in [0.05, 0.1) is 0 Å². The molecule has 1 aromatic carbocycles. The molecule has 22 heavy (non-hydrogen) atoms. The van der Waals surface area contributed by atoms with Crippen LogP contribution in [0.15, 0.2) is 12.1 Å². The molecule has 0 spiro atoms. The Morgan fingerprint density at radius 1 is 1.41 bits per heavy atom. The van der Waals surface area contributed by atoms with Crippen molar-refractivity contribution in [3.05, 3.63) is 29.1 Å². The van der Waals surface area contributed by atoms with Crippen molar-refractivity contribution in [3.63, 3.8) is 0 Å². The van der Waals surface area contributed by atoms with Crippen LogP contribution < -0.4 is 10.1 Å². The number of aryl methyl sites for hydroxylation is 1. The summed E-state index contributed by atoms with van der Waals surface area (Å²) in [7, 11) is 0. The number of carbonyl (C=O) groups is 1. The average molecular weight is 303 g/mol. The van der Waals surface area contributed by atoms with Crippen molar-refractivity contribution in [1.29, 1.82) is 0 Å². The summed E-state index contributed by atoms with van der Waals surface area (Å²) >= 11 is 0. The van der Waals surface area contributed by atoms with E-state index in [0.29, 0.717) is 23.6 Å². The normalized spacial score (nSPS) is 15.1. The van der Waals surface area contributed by atoms with Crippen molar-refractivity contribution in [2.45, 2.75) is 39.0 Å². The number of hydrogen-bond donors (Lipinski definition) is 1. The van der Waals surface area contributed by atoms with E-state index < -0.39 is 5.82 Å². The lowest BCUT2D eigenvalue weighted by Gasteiger charge is -2.21. The van der Waals surface area contributed by atoms with Crippen LogP contribution >= 0.6 is 0 Å². The summed E-state index contributed by atoms with van der Waals surface area (Å²) in [6.07, 6.45) is 11.2. The molecule has 1 fully saturated rings. The molecule has 118 valence electrons. The summed E-state index contributed by atoms with van der Waals surface area (Å²) in [4.78, 5) is 12.2. The molecule has 1 amide bonds. The topological polar surface area (TPSA) is 38.3 Å². The Kier molecular flexibility index (Phi) is 5.83. The molecule has 1 aliphatic rings. The Morgan fingerprint density at radius 2 is 2.14 bits per heavy atom. The largest absolute Gasteiger partial charge is 0.478 e. The summed E-state index contributed by atoms with van der Waals surface area (Å²) in [6.45, 7) is 2.37. The third kappa shape index (κ3) is 4.24. The second-order valence-electron chi connectivity index (χ2n) is 5.81. The molecule has 0 saturated heterocycles. The highest BCUT2D eigenvalue weighted by Gasteiger charge is 2.17. The average Bonchev–Trinajstić information content (AvgIpc) is 2.52. The number of terminal acetylenes is 1. The molecule has 0 aromatic heterocycles. The van der Waals surface area contributed by atoms with E-state index in [2.05, 4.69) is 11.2 Å². The Labute approximate surface area is 131 Å². The van der Waals surface area contributed by atoms with Gasteiger partial charge in [-0.1, -0.05) is 25.2 Å². The number of nitrogens with one attached hydrogen (secondary N) is 1. The van der Waals surface area contributed by atoms with E-state index in [4.69, 9.17) is 11.2 Å². The lowest BCUT2D eigenvalue weighted by Crippen LogP contribution is -2.30. The summed E-state index contributed by atoms with van der Waals surface area (Å²) in [5, 5.41) is 2.91. The molecular formula is C18H22FNO2. The van der Waals surface area contributed by atoms with E-state index in [1.165, 1.54) is 25.3 Å². The van der Waals surface area contributed by atoms with E-state index in [0.717, 1.165) is 12.8 Å². The van der Waals surface area contributed by atoms with Gasteiger partial charge in [0.25, 0.3) is 5.91 Å². The Hall–Kier alpha value is -2.02. The molecule has 0 bridgehead atoms. The highest BCUT2D eigenvalue weighted by molar-refractivity contribution is 5.94. The number of amides is 1. The predicted octanol–water partition coefficient (Wildman–Crippen LogP) is 3.46. The van der Waals surface area contributed by atoms with Crippen LogP contribution in [0.2, 0.25) is 0 Å². The van der Waals surface area contributed by atoms with Crippen molar-refractivity contribution in [2.24, 2.45) is 5.92 Å². The van der Waals surface area contributed by atoms with E-state index in [1.807, 2.05) is 0 Å². The van der Waals surface area contributed by atoms with Crippen molar-refractivity contribution in [2.75, 3.05) is 13.2 Å². The minimum Gasteiger partial charge on any atom is -0.478 e. The van der Waals surface area contributed by atoms with E-state index in [1.54, 1.807) is 13.0 Å². The number of benzene rings is 1. The molecule has 0 unspecified atom stereocenters. The Morgan fingerprint density at radius 3 is 2.77 bits per heavy atom. The van der Waals surface area contributed by atoms with Gasteiger partial charge in [-0.15, -0.1) is 6.42 Å². The van der Waals surface area contributed by atoms with Crippen LogP contribution in [0.1, 0.15) is 48.0 Å². The number of carbonyl (C=O) groups excluding carboxylic acids is 1. The third-order valence-corrected chi connectivity index (χ3v) is 4.07. The van der Waals surface area contributed by atoms with Crippen LogP contribution in [0.25, 0.3) is 0 Å². The van der Waals surface area contributed by atoms with Gasteiger partial charge in [0.1, 0.15) is 6.61 Å². The fourth-order valence-corrected chi connectivity index (χ4v) is 2.89. The second-order valence-corrected chi connectivity index (χ2v) is 5.81. The molecule has 0 radical (unpaired) electrons. The molecule has 1 aliphatic carbocycles. The lowest BCUT2D eigenvalue weighted by molar-refractivity contribution is 0.0943. The molecule has 1 saturated carbocycles. The summed E-state index contributed by atoms with van der Waals surface area (Å²) in [6, 6.07) is 2.83. The second kappa shape index (κ2) is 7.84. The minimum atomic E-state index is -0.557. The molecule has 4 heteroatoms. The highest BCUT2D eigenvalue weighted by atomic mass is 19.1. The zero-order valence-corrected chi connectivity index (χ0v) is 13.0. The number of ether oxygens (including phenoxy) is 1. The first kappa shape index (κ1) is 16.4. The van der Waals surface area contributed by atoms with Crippen molar-refractivity contribution >= 4 is 5.91 Å². The van der Waals surface area contributed by atoms with Gasteiger partial charge in [-0.3, -0.25) is 4.79 Å². The third-order valence-electron chi connectivity index (χ3n) is 4.07. The summed E-state index contributed by atoms with van der Waals surface area (Å²) < 4.78 is 19.2. The Bertz CT molecular complexity index is 548. The van der Waals surface area contributed by atoms with Crippen LogP contribution in [0.4, 0.5) is 4.39 Å². The van der Waals surface area contributed by atoms with Gasteiger partial charge in [0, 0.05) is 12.1 Å². The molecule has 0 aliphatic heterocycles. The maximum Gasteiger partial charge on any atom is 0.251 e. The maximum atomic E-state index is 14.0. The minimum absolute atomic E-state index is 0.00494. The molecule has 1 aromatic rings. The van der Waals surface area contributed by atoms with Crippen LogP contribution in [0, 0.1) is 31.0 Å². The first-order valence-corrected chi connectivity index (χ1v) is 7.76. The van der Waals surface area contributed by atoms with Crippen LogP contribution in [0.5, 0.6) is 5.75 Å². The number of rotatable bonds is 5. The Balaban J connectivity index is 1.99. The first-order valence-electron chi connectivity index (χ1n) is 7.76. The number of hydrogen-bond acceptors (Lipinski definition) is 2. The first-order chi connectivity index (χ1) is 10.6. The smallest absolute Gasteiger partial charge is 0.251 e. The highest BCUT2D eigenvalue weighted by Crippen LogP contribution is 2.25. The quantitative estimate of drug-likeness (QED) is 0.846. The van der Waals surface area contributed by atoms with Gasteiger partial charge in [0.2, 0.25) is 0 Å². The van der Waals surface area contributed by atoms with Crippen LogP contribution in [-0.2, 0) is 0 Å². The van der Waals surface area contributed by atoms with Crippen LogP contribution in [0.3, 0.4) is 0 Å². The van der Waals surface area contributed by atoms with Gasteiger partial charge < -0.3 is 10.1 Å². The van der Waals surface area contributed by atoms with E-state index in [-0.39, 0.29) is 18.3 Å². The molecule has 1 N–H and O–H groups in total. The SMILES string of the molecule is C#CCOc1c(C)cc(C(=O)NCC2CCCCC2)cc1F. The summed E-state index contributed by atoms with van der Waals surface area (Å²) in [5.41, 5.74) is 0.886. The molecule has 0 atom stereocenters. The van der Waals surface area contributed by atoms with E-state index >= 15 is 0 Å². The van der Waals surface area contributed by atoms with Gasteiger partial charge >= 0.3 is 0 Å². The fraction of sp³-hybridized carbons (Fsp3) is 0.500. The monoisotopic (exact) mass is 303 g/mol. The van der Waals surface area contributed by atoms with Gasteiger partial charge in [0.15, 0.2) is 11.6 Å². The lowest BCUT2D eigenvalue weighted by atomic mass is 9.89. The van der Waals surface area contributed by atoms with Gasteiger partial charge in [-0.2, -0.15) is 0 Å². The van der Waals surface area contributed by atoms with E-state index in [9.17, 15) is 9.18 Å². The van der Waals surface area contributed by atoms with Crippen molar-refractivity contribution < 1.29 is 13.9 Å². The fourth-order valence-electron chi connectivity index (χ4n) is 2.89. The standard InChI is InChI=1S/C18H22FNO2/c1-3-9-22-17-13(2)10-15(11-16(17)19)18(21)20-12-14-7-5-4-6-8-14/h1,10-11,14H,4-9,12H2,2H3,(H,20,21). The van der Waals surface area contributed by atoms with Gasteiger partial charge in [-0.05, 0) is 43.4 Å². The predicted molar refractivity (Wildman–Crippen MR) is 84.4 cm³/mol. The van der Waals surface area contributed by atoms with Crippen molar-refractivity contribution in [3.8, 4) is 18.1 Å². The zero-order chi connectivity index (χ0) is 15.9. The molecule has 0 heterocycles. The molecular weight excluding hydrogens is 281 g/mol. The van der Waals surface area contributed by atoms with Gasteiger partial charge in [-0.25, -0.2) is 4.39 Å². The zero-order valence-electron chi connectivity index (χ0n) is 13.0.